The Hall–Kier alpha value is -0.510. The average Bonchev–Trinajstić information content (AvgIpc) is 2.65. The molecule has 0 atom stereocenters. The molecule has 0 bridgehead atoms. The summed E-state index contributed by atoms with van der Waals surface area (Å²) < 4.78 is 0. The normalized spacial score (nSPS) is 10.4. The fraction of sp³-hybridized carbons (Fsp3) is 0.696. The van der Waals surface area contributed by atoms with E-state index in [9.17, 15) is 9.90 Å². The number of rotatable bonds is 17. The van der Waals surface area contributed by atoms with Crippen LogP contribution in [0, 0.1) is 0 Å². The number of carboxylic acids is 1. The molecule has 0 aromatic heterocycles. The zero-order chi connectivity index (χ0) is 18.9. The number of hydrogen-bond acceptors (Lipinski definition) is 3. The van der Waals surface area contributed by atoms with Crippen LogP contribution in [-0.2, 0) is 0 Å². The first-order valence-corrected chi connectivity index (χ1v) is 10.8. The summed E-state index contributed by atoms with van der Waals surface area (Å²) in [5.41, 5.74) is 1.21. The van der Waals surface area contributed by atoms with E-state index in [4.69, 9.17) is 0 Å². The van der Waals surface area contributed by atoms with E-state index in [1.54, 1.807) is 24.3 Å². The molecule has 0 saturated carbocycles. The van der Waals surface area contributed by atoms with Gasteiger partial charge in [-0.25, -0.2) is 0 Å². The quantitative estimate of drug-likeness (QED) is 0.332. The number of benzene rings is 1. The summed E-state index contributed by atoms with van der Waals surface area (Å²) in [6, 6.07) is 6.77. The van der Waals surface area contributed by atoms with Crippen LogP contribution in [-0.4, -0.2) is 12.5 Å². The molecule has 1 aromatic rings. The Labute approximate surface area is 189 Å². The number of nitrogens with one attached hydrogen (secondary N) is 1. The predicted molar refractivity (Wildman–Crippen MR) is 110 cm³/mol. The molecule has 0 radical (unpaired) electrons. The van der Waals surface area contributed by atoms with Gasteiger partial charge in [-0.15, -0.1) is 0 Å². The maximum atomic E-state index is 10.7. The molecule has 27 heavy (non-hydrogen) atoms. The van der Waals surface area contributed by atoms with Crippen molar-refractivity contribution >= 4 is 11.7 Å². The van der Waals surface area contributed by atoms with Gasteiger partial charge in [-0.2, -0.15) is 0 Å². The van der Waals surface area contributed by atoms with Crippen LogP contribution in [0.2, 0.25) is 0 Å². The van der Waals surface area contributed by atoms with Gasteiger partial charge >= 0.3 is 29.6 Å². The fourth-order valence-corrected chi connectivity index (χ4v) is 3.28. The first kappa shape index (κ1) is 26.5. The maximum Gasteiger partial charge on any atom is 1.00 e. The van der Waals surface area contributed by atoms with E-state index in [0.717, 1.165) is 12.2 Å². The molecular formula is C23H38NNaO2. The van der Waals surface area contributed by atoms with Crippen LogP contribution < -0.4 is 40.0 Å². The number of carboxylic acid groups (broad SMARTS) is 1. The van der Waals surface area contributed by atoms with Crippen LogP contribution in [0.5, 0.6) is 0 Å². The van der Waals surface area contributed by atoms with Crippen molar-refractivity contribution in [1.29, 1.82) is 0 Å². The smallest absolute Gasteiger partial charge is 0.545 e. The first-order valence-electron chi connectivity index (χ1n) is 10.8. The molecule has 1 rings (SSSR count). The molecule has 0 aliphatic carbocycles. The second kappa shape index (κ2) is 18.8. The molecule has 1 N–H and O–H groups in total. The number of carbonyl (C=O) groups excluding carboxylic acids is 1. The molecule has 0 amide bonds. The van der Waals surface area contributed by atoms with Gasteiger partial charge < -0.3 is 15.2 Å². The summed E-state index contributed by atoms with van der Waals surface area (Å²) in [6.45, 7) is 3.22. The predicted octanol–water partition coefficient (Wildman–Crippen LogP) is 2.95. The van der Waals surface area contributed by atoms with Crippen LogP contribution in [0.4, 0.5) is 5.69 Å². The molecule has 0 heterocycles. The minimum absolute atomic E-state index is 0. The van der Waals surface area contributed by atoms with Crippen molar-refractivity contribution in [1.82, 2.24) is 0 Å². The Morgan fingerprint density at radius 2 is 1.15 bits per heavy atom. The van der Waals surface area contributed by atoms with Crippen LogP contribution >= 0.6 is 0 Å². The van der Waals surface area contributed by atoms with Gasteiger partial charge in [-0.1, -0.05) is 103 Å². The van der Waals surface area contributed by atoms with E-state index in [0.29, 0.717) is 0 Å². The molecular weight excluding hydrogens is 345 g/mol. The number of unbranched alkanes of at least 4 members (excludes halogenated alkanes) is 13. The van der Waals surface area contributed by atoms with E-state index in [2.05, 4.69) is 12.2 Å². The number of anilines is 1. The molecule has 0 saturated heterocycles. The third-order valence-electron chi connectivity index (χ3n) is 4.98. The number of hydrogen-bond donors (Lipinski definition) is 1. The fourth-order valence-electron chi connectivity index (χ4n) is 3.28. The van der Waals surface area contributed by atoms with Gasteiger partial charge in [0, 0.05) is 12.2 Å². The van der Waals surface area contributed by atoms with Gasteiger partial charge in [0.15, 0.2) is 0 Å². The van der Waals surface area contributed by atoms with E-state index in [1.165, 1.54) is 89.9 Å². The molecule has 4 heteroatoms. The third-order valence-corrected chi connectivity index (χ3v) is 4.98. The maximum absolute atomic E-state index is 10.7. The molecule has 0 fully saturated rings. The molecule has 0 aliphatic rings. The van der Waals surface area contributed by atoms with E-state index < -0.39 is 5.97 Å². The average molecular weight is 384 g/mol. The van der Waals surface area contributed by atoms with Crippen LogP contribution in [0.15, 0.2) is 24.3 Å². The van der Waals surface area contributed by atoms with Crippen LogP contribution in [0.25, 0.3) is 0 Å². The molecule has 0 aliphatic heterocycles. The Bertz CT molecular complexity index is 462. The van der Waals surface area contributed by atoms with Crippen molar-refractivity contribution in [3.8, 4) is 0 Å². The van der Waals surface area contributed by atoms with Gasteiger partial charge in [-0.3, -0.25) is 0 Å². The largest absolute Gasteiger partial charge is 1.00 e. The number of carbonyl (C=O) groups is 1. The molecule has 0 spiro atoms. The van der Waals surface area contributed by atoms with Crippen molar-refractivity contribution in [2.45, 2.75) is 96.8 Å². The van der Waals surface area contributed by atoms with Crippen molar-refractivity contribution < 1.29 is 39.5 Å². The van der Waals surface area contributed by atoms with Crippen LogP contribution in [0.1, 0.15) is 107 Å². The van der Waals surface area contributed by atoms with Crippen molar-refractivity contribution in [3.63, 3.8) is 0 Å². The van der Waals surface area contributed by atoms with E-state index in [1.807, 2.05) is 0 Å². The zero-order valence-corrected chi connectivity index (χ0v) is 19.7. The van der Waals surface area contributed by atoms with Crippen molar-refractivity contribution in [2.24, 2.45) is 0 Å². The SMILES string of the molecule is CCCCCCCCCCCCCCCCNc1ccc(C(=O)[O-])cc1.[Na+]. The summed E-state index contributed by atoms with van der Waals surface area (Å²) in [4.78, 5) is 10.7. The monoisotopic (exact) mass is 383 g/mol. The van der Waals surface area contributed by atoms with Gasteiger partial charge in [0.25, 0.3) is 0 Å². The van der Waals surface area contributed by atoms with Crippen molar-refractivity contribution in [3.05, 3.63) is 29.8 Å². The molecule has 1 aromatic carbocycles. The summed E-state index contributed by atoms with van der Waals surface area (Å²) in [5.74, 6) is -1.12. The second-order valence-corrected chi connectivity index (χ2v) is 7.39. The van der Waals surface area contributed by atoms with Gasteiger partial charge in [-0.05, 0) is 24.1 Å². The Morgan fingerprint density at radius 1 is 0.741 bits per heavy atom. The molecule has 0 unspecified atom stereocenters. The second-order valence-electron chi connectivity index (χ2n) is 7.39. The summed E-state index contributed by atoms with van der Waals surface area (Å²) in [5, 5.41) is 14.0. The Balaban J connectivity index is 0.00000676. The number of aromatic carboxylic acids is 1. The molecule has 3 nitrogen and oxygen atoms in total. The first-order chi connectivity index (χ1) is 12.7. The van der Waals surface area contributed by atoms with Crippen LogP contribution in [0.3, 0.4) is 0 Å². The minimum Gasteiger partial charge on any atom is -0.545 e. The Morgan fingerprint density at radius 3 is 1.56 bits per heavy atom. The summed E-state index contributed by atoms with van der Waals surface area (Å²) in [6.07, 6.45) is 19.2. The summed E-state index contributed by atoms with van der Waals surface area (Å²) in [7, 11) is 0. The van der Waals surface area contributed by atoms with Gasteiger partial charge in [0.2, 0.25) is 0 Å². The van der Waals surface area contributed by atoms with Crippen molar-refractivity contribution in [2.75, 3.05) is 11.9 Å². The van der Waals surface area contributed by atoms with Gasteiger partial charge in [0.1, 0.15) is 0 Å². The topological polar surface area (TPSA) is 52.2 Å². The van der Waals surface area contributed by atoms with E-state index in [-0.39, 0.29) is 35.1 Å². The van der Waals surface area contributed by atoms with Gasteiger partial charge in [0.05, 0.1) is 5.97 Å². The zero-order valence-electron chi connectivity index (χ0n) is 17.7. The molecule has 148 valence electrons. The summed E-state index contributed by atoms with van der Waals surface area (Å²) >= 11 is 0. The standard InChI is InChI=1S/C23H39NO2.Na/c1-2-3-4-5-6-7-8-9-10-11-12-13-14-15-20-24-22-18-16-21(17-19-22)23(25)26;/h16-19,24H,2-15,20H2,1H3,(H,25,26);/q;+1/p-1. The Kier molecular flexibility index (Phi) is 18.5. The minimum atomic E-state index is -1.12. The third kappa shape index (κ3) is 15.1. The van der Waals surface area contributed by atoms with E-state index >= 15 is 0 Å².